The van der Waals surface area contributed by atoms with Gasteiger partial charge in [-0.15, -0.1) is 0 Å². The van der Waals surface area contributed by atoms with Crippen molar-refractivity contribution in [3.63, 3.8) is 0 Å². The van der Waals surface area contributed by atoms with Gasteiger partial charge in [0.1, 0.15) is 0 Å². The van der Waals surface area contributed by atoms with Crippen molar-refractivity contribution in [2.24, 2.45) is 11.5 Å². The summed E-state index contributed by atoms with van der Waals surface area (Å²) in [5.74, 6) is 1.10. The molecule has 0 aliphatic rings. The molecule has 0 spiro atoms. The minimum absolute atomic E-state index is 0.0358. The van der Waals surface area contributed by atoms with Crippen molar-refractivity contribution in [2.75, 3.05) is 28.4 Å². The molecule has 2 rings (SSSR count). The van der Waals surface area contributed by atoms with Crippen molar-refractivity contribution >= 4 is 11.8 Å². The van der Waals surface area contributed by atoms with E-state index in [1.165, 1.54) is 28.4 Å². The largest absolute Gasteiger partial charge is 0.493 e. The number of hydrogen-bond acceptors (Lipinski definition) is 6. The zero-order chi connectivity index (χ0) is 21.6. The number of ether oxygens (including phenoxy) is 4. The molecule has 0 bridgehead atoms. The molecule has 0 saturated carbocycles. The Bertz CT molecular complexity index is 837. The molecule has 0 fully saturated rings. The van der Waals surface area contributed by atoms with Gasteiger partial charge >= 0.3 is 0 Å². The second-order valence-corrected chi connectivity index (χ2v) is 6.41. The summed E-state index contributed by atoms with van der Waals surface area (Å²) >= 11 is 0. The molecule has 2 aromatic carbocycles. The highest BCUT2D eigenvalue weighted by Gasteiger charge is 2.18. The molecule has 0 heterocycles. The molecule has 2 aromatic rings. The van der Waals surface area contributed by atoms with Gasteiger partial charge in [0.05, 0.1) is 41.3 Å². The van der Waals surface area contributed by atoms with Gasteiger partial charge in [-0.05, 0) is 52.9 Å². The van der Waals surface area contributed by atoms with Gasteiger partial charge in [0.25, 0.3) is 0 Å². The van der Waals surface area contributed by atoms with E-state index in [1.807, 2.05) is 0 Å². The van der Waals surface area contributed by atoms with Gasteiger partial charge in [0.2, 0.25) is 11.8 Å². The summed E-state index contributed by atoms with van der Waals surface area (Å²) in [6.45, 7) is 0. The Labute approximate surface area is 169 Å². The maximum Gasteiger partial charge on any atom is 0.221 e. The number of rotatable bonds is 10. The normalized spacial score (nSPS) is 10.3. The predicted molar refractivity (Wildman–Crippen MR) is 108 cm³/mol. The van der Waals surface area contributed by atoms with Gasteiger partial charge in [0, 0.05) is 0 Å². The van der Waals surface area contributed by atoms with Crippen LogP contribution in [0.5, 0.6) is 23.0 Å². The maximum atomic E-state index is 11.6. The Balaban J connectivity index is 2.61. The number of nitrogens with two attached hydrogens (primary N) is 2. The van der Waals surface area contributed by atoms with Crippen LogP contribution in [0.4, 0.5) is 0 Å². The molecule has 29 heavy (non-hydrogen) atoms. The van der Waals surface area contributed by atoms with Crippen LogP contribution in [0.15, 0.2) is 24.3 Å². The summed E-state index contributed by atoms with van der Waals surface area (Å²) in [5.41, 5.74) is 13.9. The molecule has 156 valence electrons. The Hall–Kier alpha value is -3.42. The third-order valence-electron chi connectivity index (χ3n) is 4.52. The smallest absolute Gasteiger partial charge is 0.221 e. The van der Waals surface area contributed by atoms with Crippen molar-refractivity contribution in [1.82, 2.24) is 0 Å². The van der Waals surface area contributed by atoms with Crippen molar-refractivity contribution in [3.8, 4) is 23.0 Å². The van der Waals surface area contributed by atoms with Gasteiger partial charge in [-0.3, -0.25) is 9.59 Å². The van der Waals surface area contributed by atoms with Gasteiger partial charge in [-0.2, -0.15) is 0 Å². The lowest BCUT2D eigenvalue weighted by molar-refractivity contribution is -0.118. The number of primary amides is 2. The van der Waals surface area contributed by atoms with Crippen LogP contribution >= 0.6 is 0 Å². The first-order valence-corrected chi connectivity index (χ1v) is 8.87. The molecule has 0 atom stereocenters. The van der Waals surface area contributed by atoms with E-state index in [0.29, 0.717) is 40.5 Å². The van der Waals surface area contributed by atoms with Crippen LogP contribution in [0, 0.1) is 0 Å². The van der Waals surface area contributed by atoms with Crippen LogP contribution in [-0.4, -0.2) is 40.3 Å². The van der Waals surface area contributed by atoms with Crippen LogP contribution in [0.2, 0.25) is 0 Å². The lowest BCUT2D eigenvalue weighted by Gasteiger charge is -2.18. The summed E-state index contributed by atoms with van der Waals surface area (Å²) < 4.78 is 21.4. The molecule has 8 nitrogen and oxygen atoms in total. The summed E-state index contributed by atoms with van der Waals surface area (Å²) in [4.78, 5) is 23.2. The van der Waals surface area contributed by atoms with Gasteiger partial charge in [0.15, 0.2) is 23.0 Å². The minimum atomic E-state index is -0.469. The van der Waals surface area contributed by atoms with Crippen LogP contribution < -0.4 is 30.4 Å². The first-order valence-electron chi connectivity index (χ1n) is 8.87. The van der Waals surface area contributed by atoms with Crippen molar-refractivity contribution in [1.29, 1.82) is 0 Å². The fourth-order valence-electron chi connectivity index (χ4n) is 3.17. The molecular weight excluding hydrogens is 376 g/mol. The molecule has 0 unspecified atom stereocenters. The van der Waals surface area contributed by atoms with E-state index in [0.717, 1.165) is 11.1 Å². The topological polar surface area (TPSA) is 123 Å². The third-order valence-corrected chi connectivity index (χ3v) is 4.52. The molecule has 0 radical (unpaired) electrons. The van der Waals surface area contributed by atoms with Crippen LogP contribution in [-0.2, 0) is 28.9 Å². The Morgan fingerprint density at radius 3 is 1.14 bits per heavy atom. The van der Waals surface area contributed by atoms with Crippen LogP contribution in [0.25, 0.3) is 0 Å². The number of hydrogen-bond donors (Lipinski definition) is 2. The molecule has 0 saturated heterocycles. The molecule has 0 aliphatic heterocycles. The summed E-state index contributed by atoms with van der Waals surface area (Å²) in [6.07, 6.45) is 0.466. The number of carbonyl (C=O) groups is 2. The fraction of sp³-hybridized carbons (Fsp3) is 0.333. The van der Waals surface area contributed by atoms with Crippen molar-refractivity contribution in [2.45, 2.75) is 19.3 Å². The Morgan fingerprint density at radius 1 is 0.621 bits per heavy atom. The SMILES string of the molecule is COc1cc(CC(N)=O)c(Cc2cc(OC)c(OC)cc2CC(N)=O)cc1OC. The first kappa shape index (κ1) is 21.9. The number of methoxy groups -OCH3 is 4. The van der Waals surface area contributed by atoms with E-state index in [1.54, 1.807) is 24.3 Å². The fourth-order valence-corrected chi connectivity index (χ4v) is 3.17. The quantitative estimate of drug-likeness (QED) is 0.619. The molecular formula is C21H26N2O6. The summed E-state index contributed by atoms with van der Waals surface area (Å²) in [6, 6.07) is 7.05. The standard InChI is InChI=1S/C21H26N2O6/c1-26-16-6-12(14(10-20(22)24)8-18(16)28-3)5-13-7-17(27-2)19(29-4)9-15(13)11-21(23)25/h6-9H,5,10-11H2,1-4H3,(H2,22,24)(H2,23,25). The van der Waals surface area contributed by atoms with Gasteiger partial charge < -0.3 is 30.4 Å². The molecule has 4 N–H and O–H groups in total. The van der Waals surface area contributed by atoms with E-state index in [-0.39, 0.29) is 12.8 Å². The number of benzene rings is 2. The van der Waals surface area contributed by atoms with Crippen molar-refractivity contribution in [3.05, 3.63) is 46.5 Å². The molecule has 0 aromatic heterocycles. The molecule has 0 aliphatic carbocycles. The maximum absolute atomic E-state index is 11.6. The summed E-state index contributed by atoms with van der Waals surface area (Å²) in [5, 5.41) is 0. The highest BCUT2D eigenvalue weighted by molar-refractivity contribution is 5.78. The summed E-state index contributed by atoms with van der Waals surface area (Å²) in [7, 11) is 6.10. The zero-order valence-corrected chi connectivity index (χ0v) is 17.0. The average molecular weight is 402 g/mol. The van der Waals surface area contributed by atoms with E-state index < -0.39 is 11.8 Å². The molecule has 2 amide bonds. The van der Waals surface area contributed by atoms with E-state index in [9.17, 15) is 9.59 Å². The predicted octanol–water partition coefficient (Wildman–Crippen LogP) is 1.37. The van der Waals surface area contributed by atoms with Gasteiger partial charge in [-0.1, -0.05) is 0 Å². The second-order valence-electron chi connectivity index (χ2n) is 6.41. The lowest BCUT2D eigenvalue weighted by atomic mass is 9.92. The Kier molecular flexibility index (Phi) is 7.30. The second kappa shape index (κ2) is 9.68. The van der Waals surface area contributed by atoms with Gasteiger partial charge in [-0.25, -0.2) is 0 Å². The first-order chi connectivity index (χ1) is 13.8. The lowest BCUT2D eigenvalue weighted by Crippen LogP contribution is -2.17. The van der Waals surface area contributed by atoms with Crippen LogP contribution in [0.3, 0.4) is 0 Å². The van der Waals surface area contributed by atoms with Crippen molar-refractivity contribution < 1.29 is 28.5 Å². The van der Waals surface area contributed by atoms with E-state index in [4.69, 9.17) is 30.4 Å². The third kappa shape index (κ3) is 5.31. The minimum Gasteiger partial charge on any atom is -0.493 e. The molecule has 8 heteroatoms. The van der Waals surface area contributed by atoms with E-state index in [2.05, 4.69) is 0 Å². The number of carbonyl (C=O) groups excluding carboxylic acids is 2. The van der Waals surface area contributed by atoms with E-state index >= 15 is 0 Å². The average Bonchev–Trinajstić information content (AvgIpc) is 2.68. The van der Waals surface area contributed by atoms with Crippen LogP contribution in [0.1, 0.15) is 22.3 Å². The monoisotopic (exact) mass is 402 g/mol. The zero-order valence-electron chi connectivity index (χ0n) is 17.0. The highest BCUT2D eigenvalue weighted by Crippen LogP contribution is 2.35. The highest BCUT2D eigenvalue weighted by atomic mass is 16.5. The Morgan fingerprint density at radius 2 is 0.897 bits per heavy atom. The number of amides is 2.